The third-order valence-corrected chi connectivity index (χ3v) is 7.64. The van der Waals surface area contributed by atoms with Crippen LogP contribution in [0.25, 0.3) is 71.9 Å². The van der Waals surface area contributed by atoms with Crippen LogP contribution in [-0.2, 0) is 7.05 Å². The first-order valence-corrected chi connectivity index (χ1v) is 12.5. The lowest BCUT2D eigenvalue weighted by Crippen LogP contribution is -2.30. The number of fused-ring (bicyclic) bond motifs is 7. The van der Waals surface area contributed by atoms with Gasteiger partial charge in [-0.2, -0.15) is 4.57 Å². The van der Waals surface area contributed by atoms with E-state index in [4.69, 9.17) is 8.83 Å². The van der Waals surface area contributed by atoms with Crippen LogP contribution < -0.4 is 4.57 Å². The van der Waals surface area contributed by atoms with Gasteiger partial charge in [0.1, 0.15) is 18.2 Å². The first kappa shape index (κ1) is 20.4. The molecule has 176 valence electrons. The number of aromatic nitrogens is 2. The molecule has 0 fully saturated rings. The van der Waals surface area contributed by atoms with Crippen molar-refractivity contribution in [1.29, 1.82) is 0 Å². The molecule has 8 aromatic rings. The zero-order valence-corrected chi connectivity index (χ0v) is 20.5. The van der Waals surface area contributed by atoms with Crippen LogP contribution in [0, 0.1) is 6.92 Å². The summed E-state index contributed by atoms with van der Waals surface area (Å²) in [6, 6.07) is 34.0. The number of nitrogens with zero attached hydrogens (tertiary/aromatic N) is 2. The Hall–Kier alpha value is -4.83. The number of para-hydroxylation sites is 3. The summed E-state index contributed by atoms with van der Waals surface area (Å²) in [5.74, 6) is 0.843. The molecule has 4 aromatic heterocycles. The smallest absolute Gasteiger partial charge is 0.291 e. The Bertz CT molecular complexity index is 2120. The molecule has 0 spiro atoms. The second-order valence-electron chi connectivity index (χ2n) is 9.72. The maximum Gasteiger partial charge on any atom is 0.291 e. The number of pyridine rings is 1. The second kappa shape index (κ2) is 7.34. The first-order chi connectivity index (χ1) is 18.2. The molecule has 8 rings (SSSR count). The highest BCUT2D eigenvalue weighted by molar-refractivity contribution is 6.11. The Kier molecular flexibility index (Phi) is 4.04. The van der Waals surface area contributed by atoms with Crippen molar-refractivity contribution in [2.24, 2.45) is 7.05 Å². The van der Waals surface area contributed by atoms with Gasteiger partial charge >= 0.3 is 0 Å². The topological polar surface area (TPSA) is 35.1 Å². The van der Waals surface area contributed by atoms with Gasteiger partial charge in [0.2, 0.25) is 11.3 Å². The largest absolute Gasteiger partial charge is 0.449 e. The van der Waals surface area contributed by atoms with Gasteiger partial charge in [-0.25, -0.2) is 0 Å². The highest BCUT2D eigenvalue weighted by atomic mass is 16.3. The van der Waals surface area contributed by atoms with E-state index < -0.39 is 0 Å². The predicted molar refractivity (Wildman–Crippen MR) is 149 cm³/mol. The van der Waals surface area contributed by atoms with Crippen molar-refractivity contribution < 1.29 is 13.4 Å². The minimum Gasteiger partial charge on any atom is -0.449 e. The summed E-state index contributed by atoms with van der Waals surface area (Å²) >= 11 is 0. The summed E-state index contributed by atoms with van der Waals surface area (Å²) in [6.07, 6.45) is 2.09. The number of aryl methyl sites for hydroxylation is 2. The van der Waals surface area contributed by atoms with E-state index in [0.717, 1.165) is 55.6 Å². The fourth-order valence-corrected chi connectivity index (χ4v) is 5.87. The van der Waals surface area contributed by atoms with Crippen LogP contribution >= 0.6 is 0 Å². The third kappa shape index (κ3) is 2.75. The van der Waals surface area contributed by atoms with E-state index in [2.05, 4.69) is 101 Å². The molecule has 37 heavy (non-hydrogen) atoms. The monoisotopic (exact) mass is 479 g/mol. The fraction of sp³-hybridized carbons (Fsp3) is 0.0606. The lowest BCUT2D eigenvalue weighted by Gasteiger charge is -2.07. The molecule has 4 heterocycles. The summed E-state index contributed by atoms with van der Waals surface area (Å²) in [5.41, 5.74) is 8.15. The molecule has 0 bridgehead atoms. The van der Waals surface area contributed by atoms with E-state index in [1.807, 2.05) is 25.2 Å². The van der Waals surface area contributed by atoms with Crippen molar-refractivity contribution in [2.75, 3.05) is 0 Å². The maximum atomic E-state index is 6.53. The Balaban J connectivity index is 1.42. The summed E-state index contributed by atoms with van der Waals surface area (Å²) in [6.45, 7) is 2.11. The highest BCUT2D eigenvalue weighted by Gasteiger charge is 2.27. The molecule has 0 atom stereocenters. The average molecular weight is 480 g/mol. The van der Waals surface area contributed by atoms with Gasteiger partial charge < -0.3 is 13.4 Å². The second-order valence-corrected chi connectivity index (χ2v) is 9.72. The van der Waals surface area contributed by atoms with Crippen molar-refractivity contribution in [3.8, 4) is 17.1 Å². The number of furan rings is 2. The highest BCUT2D eigenvalue weighted by Crippen LogP contribution is 2.39. The van der Waals surface area contributed by atoms with Crippen LogP contribution in [0.1, 0.15) is 5.56 Å². The van der Waals surface area contributed by atoms with Crippen LogP contribution in [-0.4, -0.2) is 4.57 Å². The molecular weight excluding hydrogens is 456 g/mol. The summed E-state index contributed by atoms with van der Waals surface area (Å²) < 4.78 is 17.3. The van der Waals surface area contributed by atoms with Crippen LogP contribution in [0.5, 0.6) is 0 Å². The van der Waals surface area contributed by atoms with Crippen molar-refractivity contribution in [1.82, 2.24) is 4.57 Å². The van der Waals surface area contributed by atoms with E-state index in [1.54, 1.807) is 0 Å². The van der Waals surface area contributed by atoms with Gasteiger partial charge in [0.25, 0.3) is 5.69 Å². The zero-order valence-electron chi connectivity index (χ0n) is 20.5. The Morgan fingerprint density at radius 1 is 0.622 bits per heavy atom. The molecule has 0 aliphatic heterocycles. The van der Waals surface area contributed by atoms with Crippen LogP contribution in [0.4, 0.5) is 0 Å². The normalized spacial score (nSPS) is 12.1. The van der Waals surface area contributed by atoms with Gasteiger partial charge in [0.15, 0.2) is 6.20 Å². The van der Waals surface area contributed by atoms with Crippen molar-refractivity contribution >= 4 is 54.7 Å². The molecule has 4 nitrogen and oxygen atoms in total. The number of rotatable bonds is 2. The zero-order chi connectivity index (χ0) is 24.7. The maximum absolute atomic E-state index is 6.53. The first-order valence-electron chi connectivity index (χ1n) is 12.5. The van der Waals surface area contributed by atoms with Crippen LogP contribution in [0.3, 0.4) is 0 Å². The van der Waals surface area contributed by atoms with Gasteiger partial charge in [0, 0.05) is 44.2 Å². The number of benzene rings is 4. The molecule has 0 radical (unpaired) electrons. The minimum absolute atomic E-state index is 0.835. The summed E-state index contributed by atoms with van der Waals surface area (Å²) in [5, 5.41) is 5.80. The molecule has 0 unspecified atom stereocenters. The minimum atomic E-state index is 0.835. The predicted octanol–water partition coefficient (Wildman–Crippen LogP) is 8.23. The quantitative estimate of drug-likeness (QED) is 0.234. The lowest BCUT2D eigenvalue weighted by atomic mass is 10.1. The summed E-state index contributed by atoms with van der Waals surface area (Å²) in [7, 11) is 2.04. The summed E-state index contributed by atoms with van der Waals surface area (Å²) in [4.78, 5) is 0. The average Bonchev–Trinajstić information content (AvgIpc) is 3.58. The number of hydrogen-bond acceptors (Lipinski definition) is 2. The van der Waals surface area contributed by atoms with Crippen LogP contribution in [0.15, 0.2) is 112 Å². The van der Waals surface area contributed by atoms with Crippen LogP contribution in [0.2, 0.25) is 0 Å². The van der Waals surface area contributed by atoms with Gasteiger partial charge in [-0.15, -0.1) is 0 Å². The van der Waals surface area contributed by atoms with Gasteiger partial charge in [0.05, 0.1) is 11.0 Å². The van der Waals surface area contributed by atoms with E-state index in [-0.39, 0.29) is 0 Å². The SMILES string of the molecule is Cc1c(-c2c3oc4ccc(-n5c6ccccc6c6ccccc65)cc4c3cc[n+]2C)oc2ccccc12. The molecule has 0 amide bonds. The lowest BCUT2D eigenvalue weighted by molar-refractivity contribution is -0.659. The molecular formula is C33H23N2O2+. The molecule has 0 N–H and O–H groups in total. The molecule has 4 heteroatoms. The Morgan fingerprint density at radius 2 is 1.27 bits per heavy atom. The van der Waals surface area contributed by atoms with E-state index in [9.17, 15) is 0 Å². The molecule has 0 saturated heterocycles. The fourth-order valence-electron chi connectivity index (χ4n) is 5.87. The molecule has 4 aromatic carbocycles. The van der Waals surface area contributed by atoms with E-state index in [1.165, 1.54) is 21.8 Å². The Morgan fingerprint density at radius 3 is 2.00 bits per heavy atom. The van der Waals surface area contributed by atoms with E-state index in [0.29, 0.717) is 0 Å². The van der Waals surface area contributed by atoms with Gasteiger partial charge in [-0.1, -0.05) is 54.6 Å². The number of hydrogen-bond donors (Lipinski definition) is 0. The van der Waals surface area contributed by atoms with Crippen molar-refractivity contribution in [2.45, 2.75) is 6.92 Å². The Labute approximate surface area is 212 Å². The van der Waals surface area contributed by atoms with Crippen molar-refractivity contribution in [3.05, 3.63) is 109 Å². The third-order valence-electron chi connectivity index (χ3n) is 7.64. The van der Waals surface area contributed by atoms with E-state index >= 15 is 0 Å². The van der Waals surface area contributed by atoms with Gasteiger partial charge in [-0.3, -0.25) is 0 Å². The van der Waals surface area contributed by atoms with Crippen molar-refractivity contribution in [3.63, 3.8) is 0 Å². The standard InChI is InChI=1S/C33H23N2O2/c1-20-22-9-5-8-14-29(22)36-32(20)31-33-25(17-18-34(31)2)26-19-21(15-16-30(26)37-33)35-27-12-6-3-10-23(27)24-11-4-7-13-28(24)35/h3-19H,1-2H3/q+1. The van der Waals surface area contributed by atoms with Gasteiger partial charge in [-0.05, 0) is 43.3 Å². The molecule has 0 aliphatic rings. The molecule has 0 aliphatic carbocycles. The molecule has 0 saturated carbocycles.